The maximum atomic E-state index is 10.5. The Bertz CT molecular complexity index is 47.0. The van der Waals surface area contributed by atoms with E-state index in [4.69, 9.17) is 5.11 Å². The second kappa shape index (κ2) is 3.72. The van der Waals surface area contributed by atoms with Gasteiger partial charge >= 0.3 is 35.7 Å². The van der Waals surface area contributed by atoms with Gasteiger partial charge in [-0.1, -0.05) is 0 Å². The third kappa shape index (κ3) is 10.8. The Kier molecular flexibility index (Phi) is 5.67. The Morgan fingerprint density at radius 2 is 1.57 bits per heavy atom. The molecule has 0 heterocycles. The second-order valence-electron chi connectivity index (χ2n) is 0.773. The fourth-order valence-electron chi connectivity index (χ4n) is 0. The molecule has 1 nitrogen and oxygen atoms in total. The van der Waals surface area contributed by atoms with Gasteiger partial charge in [-0.05, 0) is 0 Å². The minimum atomic E-state index is -4.40. The zero-order chi connectivity index (χ0) is 5.21. The van der Waals surface area contributed by atoms with Crippen molar-refractivity contribution in [2.24, 2.45) is 0 Å². The third-order valence-corrected chi connectivity index (χ3v) is 0.179. The molecule has 0 radical (unpaired) electrons. The van der Waals surface area contributed by atoms with Gasteiger partial charge in [-0.25, -0.2) is 0 Å². The van der Waals surface area contributed by atoms with Crippen LogP contribution in [-0.4, -0.2) is 17.9 Å². The van der Waals surface area contributed by atoms with E-state index in [-0.39, 0.29) is 31.0 Å². The summed E-state index contributed by atoms with van der Waals surface area (Å²) in [7, 11) is 0. The van der Waals surface area contributed by atoms with Crippen LogP contribution in [0.3, 0.4) is 0 Å². The van der Waals surface area contributed by atoms with Crippen molar-refractivity contribution in [2.45, 2.75) is 6.18 Å². The van der Waals surface area contributed by atoms with E-state index < -0.39 is 12.8 Å². The number of halogens is 3. The molecule has 0 aliphatic heterocycles. The van der Waals surface area contributed by atoms with E-state index in [9.17, 15) is 13.2 Å². The maximum Gasteiger partial charge on any atom is 1.00 e. The van der Waals surface area contributed by atoms with E-state index in [0.717, 1.165) is 0 Å². The van der Waals surface area contributed by atoms with Crippen LogP contribution >= 0.6 is 0 Å². The zero-order valence-corrected chi connectivity index (χ0v) is 5.79. The summed E-state index contributed by atoms with van der Waals surface area (Å²) in [6, 6.07) is 0. The summed E-state index contributed by atoms with van der Waals surface area (Å²) in [5.74, 6) is 0. The van der Waals surface area contributed by atoms with E-state index >= 15 is 0 Å². The first kappa shape index (κ1) is 10.7. The van der Waals surface area contributed by atoms with E-state index in [1.54, 1.807) is 0 Å². The van der Waals surface area contributed by atoms with Gasteiger partial charge in [0, 0.05) is 0 Å². The van der Waals surface area contributed by atoms with Crippen molar-refractivity contribution < 1.29 is 49.3 Å². The van der Waals surface area contributed by atoms with Crippen LogP contribution in [-0.2, 0) is 0 Å². The van der Waals surface area contributed by atoms with Crippen LogP contribution in [0.15, 0.2) is 0 Å². The van der Waals surface area contributed by atoms with Crippen LogP contribution in [0.5, 0.6) is 0 Å². The summed E-state index contributed by atoms with van der Waals surface area (Å²) in [6.45, 7) is -1.73. The summed E-state index contributed by atoms with van der Waals surface area (Å²) in [5, 5.41) is 7.28. The van der Waals surface area contributed by atoms with E-state index in [0.29, 0.717) is 0 Å². The molecule has 0 spiro atoms. The number of alkyl halides is 3. The average molecular weight is 124 g/mol. The van der Waals surface area contributed by atoms with Gasteiger partial charge in [0.05, 0.1) is 0 Å². The maximum absolute atomic E-state index is 10.5. The van der Waals surface area contributed by atoms with Crippen molar-refractivity contribution in [2.75, 3.05) is 6.61 Å². The summed E-state index contributed by atoms with van der Waals surface area (Å²) >= 11 is 0. The molecule has 1 N–H and O–H groups in total. The monoisotopic (exact) mass is 124 g/mol. The fraction of sp³-hybridized carbons (Fsp3) is 1.00. The number of aliphatic hydroxyl groups excluding tert-OH is 1. The summed E-state index contributed by atoms with van der Waals surface area (Å²) < 4.78 is 31.6. The van der Waals surface area contributed by atoms with E-state index in [1.165, 1.54) is 0 Å². The Hall–Kier alpha value is 0.750. The first-order chi connectivity index (χ1) is 2.56. The molecule has 0 unspecified atom stereocenters. The molecule has 0 aromatic carbocycles. The summed E-state index contributed by atoms with van der Waals surface area (Å²) in [5.41, 5.74) is 0. The smallest absolute Gasteiger partial charge is 1.00 e. The molecule has 5 heteroatoms. The van der Waals surface area contributed by atoms with Gasteiger partial charge < -0.3 is 6.53 Å². The predicted molar refractivity (Wildman–Crippen MR) is 14.3 cm³/mol. The van der Waals surface area contributed by atoms with Crippen molar-refractivity contribution in [3.63, 3.8) is 0 Å². The van der Waals surface area contributed by atoms with Crippen molar-refractivity contribution in [1.29, 1.82) is 0 Å². The molecule has 0 amide bonds. The Morgan fingerprint density at radius 1 is 1.43 bits per heavy atom. The van der Waals surface area contributed by atoms with Gasteiger partial charge in [-0.3, -0.25) is 0 Å². The van der Waals surface area contributed by atoms with Crippen LogP contribution in [0.2, 0.25) is 0 Å². The van der Waals surface area contributed by atoms with Crippen molar-refractivity contribution >= 4 is 0 Å². The molecule has 0 rings (SSSR count). The average Bonchev–Trinajstić information content (AvgIpc) is 1.35. The third-order valence-electron chi connectivity index (χ3n) is 0.179. The van der Waals surface area contributed by atoms with Crippen LogP contribution in [0, 0.1) is 0 Å². The van der Waals surface area contributed by atoms with Crippen molar-refractivity contribution in [3.05, 3.63) is 0 Å². The predicted octanol–water partition coefficient (Wildman–Crippen LogP) is -2.34. The first-order valence-electron chi connectivity index (χ1n) is 1.24. The largest absolute Gasteiger partial charge is 1.00 e. The molecule has 0 fully saturated rings. The van der Waals surface area contributed by atoms with Crippen LogP contribution in [0.1, 0.15) is 1.43 Å². The van der Waals surface area contributed by atoms with Crippen molar-refractivity contribution in [1.82, 2.24) is 0 Å². The van der Waals surface area contributed by atoms with Gasteiger partial charge in [0.15, 0.2) is 0 Å². The summed E-state index contributed by atoms with van der Waals surface area (Å²) in [6.07, 6.45) is -4.40. The molecular weight excluding hydrogens is 120 g/mol. The molecule has 0 aliphatic rings. The molecule has 0 aromatic rings. The SMILES string of the molecule is OCC(F)(F)F.[H-].[Na+]. The van der Waals surface area contributed by atoms with Crippen LogP contribution < -0.4 is 29.6 Å². The Morgan fingerprint density at radius 3 is 1.57 bits per heavy atom. The Labute approximate surface area is 62.3 Å². The van der Waals surface area contributed by atoms with Gasteiger partial charge in [-0.15, -0.1) is 0 Å². The number of aliphatic hydroxyl groups is 1. The molecule has 0 atom stereocenters. The van der Waals surface area contributed by atoms with Gasteiger partial charge in [0.1, 0.15) is 6.61 Å². The van der Waals surface area contributed by atoms with E-state index in [2.05, 4.69) is 0 Å². The van der Waals surface area contributed by atoms with E-state index in [1.807, 2.05) is 0 Å². The first-order valence-corrected chi connectivity index (χ1v) is 1.24. The molecule has 7 heavy (non-hydrogen) atoms. The zero-order valence-electron chi connectivity index (χ0n) is 4.79. The van der Waals surface area contributed by atoms with Crippen LogP contribution in [0.25, 0.3) is 0 Å². The molecule has 0 bridgehead atoms. The molecule has 0 aliphatic carbocycles. The van der Waals surface area contributed by atoms with Crippen molar-refractivity contribution in [3.8, 4) is 0 Å². The standard InChI is InChI=1S/C2H3F3O.Na.H/c3-2(4,5)1-6;;/h6H,1H2;;/q;+1;-1. The second-order valence-corrected chi connectivity index (χ2v) is 0.773. The molecule has 40 valence electrons. The quantitative estimate of drug-likeness (QED) is 0.359. The van der Waals surface area contributed by atoms with Gasteiger partial charge in [0.25, 0.3) is 0 Å². The number of rotatable bonds is 0. The number of hydrogen-bond acceptors (Lipinski definition) is 1. The van der Waals surface area contributed by atoms with Crippen LogP contribution in [0.4, 0.5) is 13.2 Å². The topological polar surface area (TPSA) is 20.2 Å². The Balaban J connectivity index is -0.000000125. The van der Waals surface area contributed by atoms with Gasteiger partial charge in [-0.2, -0.15) is 13.2 Å². The molecule has 0 aromatic heterocycles. The summed E-state index contributed by atoms with van der Waals surface area (Å²) in [4.78, 5) is 0. The molecule has 0 saturated heterocycles. The minimum Gasteiger partial charge on any atom is -1.00 e. The minimum absolute atomic E-state index is 0. The molecular formula is C2H4F3NaO. The number of hydrogen-bond donors (Lipinski definition) is 1. The fourth-order valence-corrected chi connectivity index (χ4v) is 0. The van der Waals surface area contributed by atoms with Gasteiger partial charge in [0.2, 0.25) is 0 Å². The normalized spacial score (nSPS) is 10.3. The molecule has 0 saturated carbocycles.